The first kappa shape index (κ1) is 13.7. The van der Waals surface area contributed by atoms with E-state index in [1.807, 2.05) is 0 Å². The van der Waals surface area contributed by atoms with Gasteiger partial charge < -0.3 is 5.32 Å². The van der Waals surface area contributed by atoms with Crippen LogP contribution in [0.5, 0.6) is 0 Å². The number of anilines is 1. The summed E-state index contributed by atoms with van der Waals surface area (Å²) >= 11 is 0. The fourth-order valence-electron chi connectivity index (χ4n) is 2.51. The van der Waals surface area contributed by atoms with Crippen molar-refractivity contribution < 1.29 is 0 Å². The Hall–Kier alpha value is -1.76. The molecule has 1 unspecified atom stereocenters. The zero-order chi connectivity index (χ0) is 14.0. The average molecular weight is 253 g/mol. The molecule has 0 aliphatic heterocycles. The maximum absolute atomic E-state index is 3.63. The van der Waals surface area contributed by atoms with Gasteiger partial charge in [0.25, 0.3) is 0 Å². The van der Waals surface area contributed by atoms with E-state index in [2.05, 4.69) is 76.3 Å². The van der Waals surface area contributed by atoms with Crippen molar-refractivity contribution in [2.24, 2.45) is 0 Å². The Morgan fingerprint density at radius 3 is 2.11 bits per heavy atom. The van der Waals surface area contributed by atoms with Crippen LogP contribution in [-0.4, -0.2) is 0 Å². The van der Waals surface area contributed by atoms with Gasteiger partial charge in [0.15, 0.2) is 0 Å². The van der Waals surface area contributed by atoms with Gasteiger partial charge in [0.1, 0.15) is 0 Å². The van der Waals surface area contributed by atoms with Crippen molar-refractivity contribution in [1.29, 1.82) is 0 Å². The molecule has 0 spiro atoms. The average Bonchev–Trinajstić information content (AvgIpc) is 2.33. The molecule has 0 heterocycles. The minimum absolute atomic E-state index is 0.320. The lowest BCUT2D eigenvalue weighted by atomic mass is 9.99. The molecule has 1 N–H and O–H groups in total. The molecule has 0 aromatic heterocycles. The summed E-state index contributed by atoms with van der Waals surface area (Å²) in [5, 5.41) is 3.63. The normalized spacial score (nSPS) is 12.3. The second-order valence-corrected chi connectivity index (χ2v) is 5.54. The van der Waals surface area contributed by atoms with E-state index in [0.717, 1.165) is 0 Å². The first-order valence-electron chi connectivity index (χ1n) is 6.88. The summed E-state index contributed by atoms with van der Waals surface area (Å²) in [5.74, 6) is 0. The van der Waals surface area contributed by atoms with Crippen molar-refractivity contribution in [3.8, 4) is 0 Å². The van der Waals surface area contributed by atoms with Crippen LogP contribution in [0.1, 0.15) is 40.8 Å². The van der Waals surface area contributed by atoms with E-state index in [4.69, 9.17) is 0 Å². The van der Waals surface area contributed by atoms with Crippen molar-refractivity contribution >= 4 is 5.69 Å². The Bertz CT molecular complexity index is 584. The van der Waals surface area contributed by atoms with Gasteiger partial charge >= 0.3 is 0 Å². The Balaban J connectivity index is 2.25. The number of nitrogens with one attached hydrogen (secondary N) is 1. The first-order chi connectivity index (χ1) is 8.97. The summed E-state index contributed by atoms with van der Waals surface area (Å²) in [7, 11) is 0. The second kappa shape index (κ2) is 5.48. The summed E-state index contributed by atoms with van der Waals surface area (Å²) in [6.45, 7) is 10.8. The van der Waals surface area contributed by atoms with Crippen molar-refractivity contribution in [1.82, 2.24) is 0 Å². The quantitative estimate of drug-likeness (QED) is 0.803. The third kappa shape index (κ3) is 3.17. The number of rotatable bonds is 3. The fourth-order valence-corrected chi connectivity index (χ4v) is 2.51. The zero-order valence-electron chi connectivity index (χ0n) is 12.5. The minimum atomic E-state index is 0.320. The van der Waals surface area contributed by atoms with Gasteiger partial charge in [-0.1, -0.05) is 35.9 Å². The van der Waals surface area contributed by atoms with E-state index < -0.39 is 0 Å². The molecule has 0 amide bonds. The van der Waals surface area contributed by atoms with Gasteiger partial charge in [0.2, 0.25) is 0 Å². The van der Waals surface area contributed by atoms with Crippen molar-refractivity contribution in [3.05, 3.63) is 64.2 Å². The van der Waals surface area contributed by atoms with E-state index in [1.54, 1.807) is 0 Å². The Kier molecular flexibility index (Phi) is 3.94. The lowest BCUT2D eigenvalue weighted by Gasteiger charge is -2.20. The highest BCUT2D eigenvalue weighted by molar-refractivity contribution is 5.54. The lowest BCUT2D eigenvalue weighted by molar-refractivity contribution is 0.871. The molecule has 0 saturated heterocycles. The molecule has 1 nitrogen and oxygen atoms in total. The van der Waals surface area contributed by atoms with Gasteiger partial charge in [0, 0.05) is 11.7 Å². The number of benzene rings is 2. The fraction of sp³-hybridized carbons (Fsp3) is 0.333. The highest BCUT2D eigenvalue weighted by Gasteiger charge is 2.09. The summed E-state index contributed by atoms with van der Waals surface area (Å²) in [4.78, 5) is 0. The van der Waals surface area contributed by atoms with Gasteiger partial charge in [-0.2, -0.15) is 0 Å². The predicted molar refractivity (Wildman–Crippen MR) is 83.9 cm³/mol. The summed E-state index contributed by atoms with van der Waals surface area (Å²) in [6, 6.07) is 13.5. The van der Waals surface area contributed by atoms with Crippen LogP contribution in [-0.2, 0) is 0 Å². The molecule has 19 heavy (non-hydrogen) atoms. The molecule has 0 fully saturated rings. The van der Waals surface area contributed by atoms with Crippen molar-refractivity contribution in [2.75, 3.05) is 5.32 Å². The van der Waals surface area contributed by atoms with Crippen molar-refractivity contribution in [2.45, 2.75) is 40.7 Å². The zero-order valence-corrected chi connectivity index (χ0v) is 12.5. The van der Waals surface area contributed by atoms with E-state index in [1.165, 1.54) is 33.5 Å². The maximum Gasteiger partial charge on any atom is 0.0488 e. The molecule has 2 rings (SSSR count). The van der Waals surface area contributed by atoms with Crippen LogP contribution in [0.3, 0.4) is 0 Å². The molecule has 1 atom stereocenters. The van der Waals surface area contributed by atoms with Gasteiger partial charge in [0.05, 0.1) is 0 Å². The molecule has 2 aromatic carbocycles. The van der Waals surface area contributed by atoms with Gasteiger partial charge in [-0.3, -0.25) is 0 Å². The number of aryl methyl sites for hydroxylation is 4. The Labute approximate surface area is 116 Å². The van der Waals surface area contributed by atoms with Crippen molar-refractivity contribution in [3.63, 3.8) is 0 Å². The predicted octanol–water partition coefficient (Wildman–Crippen LogP) is 5.09. The van der Waals surface area contributed by atoms with Gasteiger partial charge in [-0.05, 0) is 62.9 Å². The molecule has 2 aromatic rings. The molecule has 0 bridgehead atoms. The van der Waals surface area contributed by atoms with E-state index >= 15 is 0 Å². The highest BCUT2D eigenvalue weighted by Crippen LogP contribution is 2.25. The van der Waals surface area contributed by atoms with Crippen LogP contribution in [0.15, 0.2) is 36.4 Å². The van der Waals surface area contributed by atoms with E-state index in [-0.39, 0.29) is 0 Å². The minimum Gasteiger partial charge on any atom is -0.378 e. The monoisotopic (exact) mass is 253 g/mol. The van der Waals surface area contributed by atoms with Crippen LogP contribution in [0.2, 0.25) is 0 Å². The molecule has 100 valence electrons. The SMILES string of the molecule is Cc1ccc(C(C)Nc2cc(C)ccc2C)c(C)c1. The maximum atomic E-state index is 3.63. The van der Waals surface area contributed by atoms with Gasteiger partial charge in [-0.15, -0.1) is 0 Å². The number of hydrogen-bond donors (Lipinski definition) is 1. The first-order valence-corrected chi connectivity index (χ1v) is 6.88. The Morgan fingerprint density at radius 1 is 0.789 bits per heavy atom. The summed E-state index contributed by atoms with van der Waals surface area (Å²) in [5.41, 5.74) is 7.85. The van der Waals surface area contributed by atoms with Gasteiger partial charge in [-0.25, -0.2) is 0 Å². The number of hydrogen-bond acceptors (Lipinski definition) is 1. The lowest BCUT2D eigenvalue weighted by Crippen LogP contribution is -2.09. The molecular weight excluding hydrogens is 230 g/mol. The second-order valence-electron chi connectivity index (χ2n) is 5.54. The standard InChI is InChI=1S/C18H23N/c1-12-7-9-17(15(4)10-12)16(5)19-18-11-13(2)6-8-14(18)3/h6-11,16,19H,1-5H3. The smallest absolute Gasteiger partial charge is 0.0488 e. The van der Waals surface area contributed by atoms with Crippen LogP contribution >= 0.6 is 0 Å². The third-order valence-corrected chi connectivity index (χ3v) is 3.66. The van der Waals surface area contributed by atoms with E-state index in [0.29, 0.717) is 6.04 Å². The molecule has 0 aliphatic carbocycles. The molecule has 1 heteroatoms. The van der Waals surface area contributed by atoms with E-state index in [9.17, 15) is 0 Å². The summed E-state index contributed by atoms with van der Waals surface area (Å²) in [6.07, 6.45) is 0. The largest absolute Gasteiger partial charge is 0.378 e. The van der Waals surface area contributed by atoms with Crippen LogP contribution < -0.4 is 5.32 Å². The highest BCUT2D eigenvalue weighted by atomic mass is 14.9. The van der Waals surface area contributed by atoms with Crippen LogP contribution in [0.25, 0.3) is 0 Å². The van der Waals surface area contributed by atoms with Crippen LogP contribution in [0.4, 0.5) is 5.69 Å². The molecule has 0 radical (unpaired) electrons. The molecular formula is C18H23N. The topological polar surface area (TPSA) is 12.0 Å². The third-order valence-electron chi connectivity index (χ3n) is 3.66. The molecule has 0 aliphatic rings. The molecule has 0 saturated carbocycles. The van der Waals surface area contributed by atoms with Crippen LogP contribution in [0, 0.1) is 27.7 Å². The summed E-state index contributed by atoms with van der Waals surface area (Å²) < 4.78 is 0. The Morgan fingerprint density at radius 2 is 1.42 bits per heavy atom.